The molecule has 19 heavy (non-hydrogen) atoms. The minimum Gasteiger partial charge on any atom is -0.391 e. The Morgan fingerprint density at radius 3 is 2.53 bits per heavy atom. The van der Waals surface area contributed by atoms with Crippen LogP contribution in [-0.4, -0.2) is 34.7 Å². The van der Waals surface area contributed by atoms with Crippen molar-refractivity contribution in [2.24, 2.45) is 0 Å². The van der Waals surface area contributed by atoms with Gasteiger partial charge in [-0.25, -0.2) is 0 Å². The molecule has 0 aromatic heterocycles. The van der Waals surface area contributed by atoms with E-state index in [2.05, 4.69) is 18.7 Å². The van der Waals surface area contributed by atoms with Crippen LogP contribution in [0, 0.1) is 0 Å². The Morgan fingerprint density at radius 2 is 1.89 bits per heavy atom. The molecule has 1 aromatic rings. The van der Waals surface area contributed by atoms with Gasteiger partial charge in [0, 0.05) is 22.0 Å². The van der Waals surface area contributed by atoms with Gasteiger partial charge in [-0.1, -0.05) is 23.2 Å². The van der Waals surface area contributed by atoms with E-state index in [9.17, 15) is 5.11 Å². The highest BCUT2D eigenvalue weighted by Gasteiger charge is 2.35. The fourth-order valence-electron chi connectivity index (χ4n) is 2.66. The summed E-state index contributed by atoms with van der Waals surface area (Å²) in [5.41, 5.74) is 0.677. The molecule has 1 unspecified atom stereocenters. The van der Waals surface area contributed by atoms with Gasteiger partial charge in [-0.2, -0.15) is 0 Å². The molecule has 1 aliphatic rings. The molecule has 1 fully saturated rings. The Balaban J connectivity index is 2.11. The van der Waals surface area contributed by atoms with Crippen molar-refractivity contribution in [1.29, 1.82) is 0 Å². The van der Waals surface area contributed by atoms with Crippen molar-refractivity contribution in [1.82, 2.24) is 4.90 Å². The Hall–Kier alpha value is -0.280. The first-order valence-electron chi connectivity index (χ1n) is 6.78. The highest BCUT2D eigenvalue weighted by Crippen LogP contribution is 2.29. The lowest BCUT2D eigenvalue weighted by atomic mass is 9.90. The zero-order valence-corrected chi connectivity index (χ0v) is 13.0. The van der Waals surface area contributed by atoms with E-state index in [0.29, 0.717) is 16.5 Å². The Morgan fingerprint density at radius 1 is 1.26 bits per heavy atom. The third-order valence-corrected chi connectivity index (χ3v) is 4.76. The second-order valence-corrected chi connectivity index (χ2v) is 6.65. The standard InChI is InChI=1S/C15H21Cl2NO/c1-15(2,18-7-3-4-8-18)14(19)10-11-9-12(16)5-6-13(11)17/h5-6,9,14,19H,3-4,7-8,10H2,1-2H3. The zero-order chi connectivity index (χ0) is 14.0. The molecule has 1 N–H and O–H groups in total. The molecule has 0 amide bonds. The summed E-state index contributed by atoms with van der Waals surface area (Å²) >= 11 is 12.2. The maximum absolute atomic E-state index is 10.6. The first kappa shape index (κ1) is 15.1. The SMILES string of the molecule is CC(C)(C(O)Cc1cc(Cl)ccc1Cl)N1CCCC1. The van der Waals surface area contributed by atoms with E-state index >= 15 is 0 Å². The Bertz CT molecular complexity index is 442. The van der Waals surface area contributed by atoms with Gasteiger partial charge in [0.05, 0.1) is 6.10 Å². The van der Waals surface area contributed by atoms with E-state index in [-0.39, 0.29) is 5.54 Å². The van der Waals surface area contributed by atoms with E-state index in [1.165, 1.54) is 12.8 Å². The van der Waals surface area contributed by atoms with Crippen LogP contribution < -0.4 is 0 Å². The van der Waals surface area contributed by atoms with E-state index in [0.717, 1.165) is 18.7 Å². The normalized spacial score (nSPS) is 18.8. The summed E-state index contributed by atoms with van der Waals surface area (Å²) in [6, 6.07) is 5.40. The number of rotatable bonds is 4. The predicted octanol–water partition coefficient (Wildman–Crippen LogP) is 3.77. The summed E-state index contributed by atoms with van der Waals surface area (Å²) in [5.74, 6) is 0. The van der Waals surface area contributed by atoms with Crippen LogP contribution in [0.5, 0.6) is 0 Å². The number of benzene rings is 1. The molecule has 0 spiro atoms. The van der Waals surface area contributed by atoms with Gasteiger partial charge in [0.25, 0.3) is 0 Å². The van der Waals surface area contributed by atoms with Gasteiger partial charge in [-0.05, 0) is 63.5 Å². The lowest BCUT2D eigenvalue weighted by Gasteiger charge is -2.39. The number of hydrogen-bond donors (Lipinski definition) is 1. The Labute approximate surface area is 125 Å². The van der Waals surface area contributed by atoms with Crippen LogP contribution in [0.25, 0.3) is 0 Å². The molecule has 1 saturated heterocycles. The predicted molar refractivity (Wildman–Crippen MR) is 81.1 cm³/mol. The van der Waals surface area contributed by atoms with Gasteiger partial charge in [-0.3, -0.25) is 4.90 Å². The lowest BCUT2D eigenvalue weighted by Crippen LogP contribution is -2.51. The summed E-state index contributed by atoms with van der Waals surface area (Å²) in [6.45, 7) is 6.32. The molecule has 1 aromatic carbocycles. The largest absolute Gasteiger partial charge is 0.391 e. The fraction of sp³-hybridized carbons (Fsp3) is 0.600. The number of aliphatic hydroxyl groups is 1. The average Bonchev–Trinajstić information content (AvgIpc) is 2.88. The fourth-order valence-corrected chi connectivity index (χ4v) is 3.05. The molecule has 106 valence electrons. The highest BCUT2D eigenvalue weighted by molar-refractivity contribution is 6.33. The van der Waals surface area contributed by atoms with E-state index < -0.39 is 6.10 Å². The summed E-state index contributed by atoms with van der Waals surface area (Å²) in [7, 11) is 0. The molecule has 1 aliphatic heterocycles. The Kier molecular flexibility index (Phi) is 4.78. The first-order valence-corrected chi connectivity index (χ1v) is 7.54. The molecule has 0 saturated carbocycles. The van der Waals surface area contributed by atoms with Crippen LogP contribution in [0.1, 0.15) is 32.3 Å². The van der Waals surface area contributed by atoms with Crippen molar-refractivity contribution in [3.05, 3.63) is 33.8 Å². The quantitative estimate of drug-likeness (QED) is 0.915. The van der Waals surface area contributed by atoms with Crippen molar-refractivity contribution in [2.45, 2.75) is 44.8 Å². The maximum atomic E-state index is 10.6. The van der Waals surface area contributed by atoms with E-state index in [4.69, 9.17) is 23.2 Å². The molecule has 4 heteroatoms. The summed E-state index contributed by atoms with van der Waals surface area (Å²) in [4.78, 5) is 2.36. The number of aliphatic hydroxyl groups excluding tert-OH is 1. The molecule has 2 nitrogen and oxygen atoms in total. The molecular weight excluding hydrogens is 281 g/mol. The van der Waals surface area contributed by atoms with Gasteiger partial charge < -0.3 is 5.11 Å². The van der Waals surface area contributed by atoms with Crippen LogP contribution >= 0.6 is 23.2 Å². The lowest BCUT2D eigenvalue weighted by molar-refractivity contribution is 0.00338. The number of hydrogen-bond acceptors (Lipinski definition) is 2. The monoisotopic (exact) mass is 301 g/mol. The third kappa shape index (κ3) is 3.43. The van der Waals surface area contributed by atoms with Crippen LogP contribution in [0.3, 0.4) is 0 Å². The van der Waals surface area contributed by atoms with Crippen LogP contribution in [0.2, 0.25) is 10.0 Å². The van der Waals surface area contributed by atoms with Crippen molar-refractivity contribution in [3.63, 3.8) is 0 Å². The summed E-state index contributed by atoms with van der Waals surface area (Å²) in [5, 5.41) is 11.9. The minimum atomic E-state index is -0.457. The minimum absolute atomic E-state index is 0.234. The third-order valence-electron chi connectivity index (χ3n) is 4.16. The van der Waals surface area contributed by atoms with Crippen molar-refractivity contribution in [2.75, 3.05) is 13.1 Å². The zero-order valence-electron chi connectivity index (χ0n) is 11.5. The van der Waals surface area contributed by atoms with Gasteiger partial charge >= 0.3 is 0 Å². The first-order chi connectivity index (χ1) is 8.91. The van der Waals surface area contributed by atoms with Crippen LogP contribution in [0.15, 0.2) is 18.2 Å². The maximum Gasteiger partial charge on any atom is 0.0759 e. The van der Waals surface area contributed by atoms with Crippen molar-refractivity contribution >= 4 is 23.2 Å². The molecule has 2 rings (SSSR count). The second-order valence-electron chi connectivity index (χ2n) is 5.80. The van der Waals surface area contributed by atoms with Crippen LogP contribution in [-0.2, 0) is 6.42 Å². The van der Waals surface area contributed by atoms with Crippen molar-refractivity contribution in [3.8, 4) is 0 Å². The van der Waals surface area contributed by atoms with Crippen LogP contribution in [0.4, 0.5) is 0 Å². The molecule has 0 aliphatic carbocycles. The second kappa shape index (κ2) is 6.01. The average molecular weight is 302 g/mol. The number of nitrogens with zero attached hydrogens (tertiary/aromatic N) is 1. The summed E-state index contributed by atoms with van der Waals surface area (Å²) < 4.78 is 0. The molecule has 0 radical (unpaired) electrons. The van der Waals surface area contributed by atoms with E-state index in [1.807, 2.05) is 6.07 Å². The van der Waals surface area contributed by atoms with E-state index in [1.54, 1.807) is 12.1 Å². The molecule has 1 atom stereocenters. The van der Waals surface area contributed by atoms with Gasteiger partial charge in [0.15, 0.2) is 0 Å². The van der Waals surface area contributed by atoms with Gasteiger partial charge in [0.1, 0.15) is 0 Å². The molecular formula is C15H21Cl2NO. The van der Waals surface area contributed by atoms with Crippen molar-refractivity contribution < 1.29 is 5.11 Å². The summed E-state index contributed by atoms with van der Waals surface area (Å²) in [6.07, 6.45) is 2.51. The van der Waals surface area contributed by atoms with Gasteiger partial charge in [-0.15, -0.1) is 0 Å². The van der Waals surface area contributed by atoms with Gasteiger partial charge in [0.2, 0.25) is 0 Å². The topological polar surface area (TPSA) is 23.5 Å². The number of halogens is 2. The highest BCUT2D eigenvalue weighted by atomic mass is 35.5. The molecule has 1 heterocycles. The molecule has 0 bridgehead atoms. The smallest absolute Gasteiger partial charge is 0.0759 e. The number of likely N-dealkylation sites (tertiary alicyclic amines) is 1.